The standard InChI is InChI=1S/C17H19N3/c1-3-13-8-4-5-9-14(13)11-20-16-12(2)7-6-10-15(16)19-17(20)18/h4-10H,3,11H2,1-2H3,(H2,18,19). The minimum absolute atomic E-state index is 0.584. The smallest absolute Gasteiger partial charge is 0.201 e. The van der Waals surface area contributed by atoms with E-state index < -0.39 is 0 Å². The molecule has 0 atom stereocenters. The fraction of sp³-hybridized carbons (Fsp3) is 0.235. The molecule has 0 fully saturated rings. The Labute approximate surface area is 119 Å². The summed E-state index contributed by atoms with van der Waals surface area (Å²) in [6, 6.07) is 14.7. The number of imidazole rings is 1. The van der Waals surface area contributed by atoms with Gasteiger partial charge in [-0.25, -0.2) is 4.98 Å². The quantitative estimate of drug-likeness (QED) is 0.787. The third-order valence-corrected chi connectivity index (χ3v) is 3.83. The predicted molar refractivity (Wildman–Crippen MR) is 83.8 cm³/mol. The summed E-state index contributed by atoms with van der Waals surface area (Å²) in [6.45, 7) is 5.06. The van der Waals surface area contributed by atoms with Crippen molar-refractivity contribution in [2.75, 3.05) is 5.73 Å². The molecule has 0 radical (unpaired) electrons. The maximum absolute atomic E-state index is 6.11. The van der Waals surface area contributed by atoms with Crippen LogP contribution in [-0.2, 0) is 13.0 Å². The number of hydrogen-bond acceptors (Lipinski definition) is 2. The number of anilines is 1. The molecule has 0 aliphatic heterocycles. The molecule has 1 aromatic heterocycles. The summed E-state index contributed by atoms with van der Waals surface area (Å²) in [6.07, 6.45) is 1.03. The maximum atomic E-state index is 6.11. The van der Waals surface area contributed by atoms with Crippen LogP contribution in [0.4, 0.5) is 5.95 Å². The summed E-state index contributed by atoms with van der Waals surface area (Å²) in [5.41, 5.74) is 12.1. The van der Waals surface area contributed by atoms with Crippen LogP contribution in [0.15, 0.2) is 42.5 Å². The predicted octanol–water partition coefficient (Wildman–Crippen LogP) is 3.54. The van der Waals surface area contributed by atoms with Crippen molar-refractivity contribution in [3.05, 3.63) is 59.2 Å². The second-order valence-corrected chi connectivity index (χ2v) is 5.12. The first-order valence-corrected chi connectivity index (χ1v) is 6.98. The van der Waals surface area contributed by atoms with Crippen molar-refractivity contribution in [3.63, 3.8) is 0 Å². The van der Waals surface area contributed by atoms with Gasteiger partial charge in [0.1, 0.15) is 0 Å². The van der Waals surface area contributed by atoms with Gasteiger partial charge in [-0.15, -0.1) is 0 Å². The Balaban J connectivity index is 2.13. The summed E-state index contributed by atoms with van der Waals surface area (Å²) in [5.74, 6) is 0.584. The van der Waals surface area contributed by atoms with E-state index >= 15 is 0 Å². The van der Waals surface area contributed by atoms with Crippen LogP contribution in [0.1, 0.15) is 23.6 Å². The van der Waals surface area contributed by atoms with E-state index in [1.54, 1.807) is 0 Å². The monoisotopic (exact) mass is 265 g/mol. The fourth-order valence-electron chi connectivity index (χ4n) is 2.77. The Hall–Kier alpha value is -2.29. The summed E-state index contributed by atoms with van der Waals surface area (Å²) < 4.78 is 2.11. The van der Waals surface area contributed by atoms with Crippen molar-refractivity contribution in [2.24, 2.45) is 0 Å². The first-order valence-electron chi connectivity index (χ1n) is 6.98. The molecular weight excluding hydrogens is 246 g/mol. The highest BCUT2D eigenvalue weighted by molar-refractivity contribution is 5.81. The summed E-state index contributed by atoms with van der Waals surface area (Å²) in [7, 11) is 0. The van der Waals surface area contributed by atoms with Crippen LogP contribution in [-0.4, -0.2) is 9.55 Å². The molecule has 0 aliphatic carbocycles. The lowest BCUT2D eigenvalue weighted by Crippen LogP contribution is -2.07. The van der Waals surface area contributed by atoms with Crippen molar-refractivity contribution in [3.8, 4) is 0 Å². The number of aryl methyl sites for hydroxylation is 2. The normalized spacial score (nSPS) is 11.1. The molecule has 3 nitrogen and oxygen atoms in total. The lowest BCUT2D eigenvalue weighted by Gasteiger charge is -2.11. The average molecular weight is 265 g/mol. The van der Waals surface area contributed by atoms with Crippen molar-refractivity contribution in [1.29, 1.82) is 0 Å². The van der Waals surface area contributed by atoms with E-state index in [2.05, 4.69) is 53.7 Å². The van der Waals surface area contributed by atoms with Gasteiger partial charge in [-0.2, -0.15) is 0 Å². The number of aromatic nitrogens is 2. The van der Waals surface area contributed by atoms with E-state index in [1.807, 2.05) is 12.1 Å². The van der Waals surface area contributed by atoms with Gasteiger partial charge in [-0.1, -0.05) is 43.3 Å². The average Bonchev–Trinajstić information content (AvgIpc) is 2.77. The third kappa shape index (κ3) is 2.05. The SMILES string of the molecule is CCc1ccccc1Cn1c(N)nc2cccc(C)c21. The number of benzene rings is 2. The Morgan fingerprint density at radius 3 is 2.55 bits per heavy atom. The van der Waals surface area contributed by atoms with Crippen LogP contribution < -0.4 is 5.73 Å². The highest BCUT2D eigenvalue weighted by atomic mass is 15.1. The van der Waals surface area contributed by atoms with Gasteiger partial charge in [0.2, 0.25) is 5.95 Å². The van der Waals surface area contributed by atoms with E-state index in [-0.39, 0.29) is 0 Å². The van der Waals surface area contributed by atoms with Gasteiger partial charge in [-0.05, 0) is 36.1 Å². The van der Waals surface area contributed by atoms with Gasteiger partial charge >= 0.3 is 0 Å². The van der Waals surface area contributed by atoms with Crippen LogP contribution in [0.3, 0.4) is 0 Å². The van der Waals surface area contributed by atoms with Gasteiger partial charge in [0.25, 0.3) is 0 Å². The van der Waals surface area contributed by atoms with E-state index in [4.69, 9.17) is 5.73 Å². The molecule has 0 amide bonds. The van der Waals surface area contributed by atoms with Crippen molar-refractivity contribution < 1.29 is 0 Å². The third-order valence-electron chi connectivity index (χ3n) is 3.83. The van der Waals surface area contributed by atoms with E-state index in [1.165, 1.54) is 16.7 Å². The molecule has 0 saturated carbocycles. The molecule has 102 valence electrons. The van der Waals surface area contributed by atoms with Crippen LogP contribution >= 0.6 is 0 Å². The number of fused-ring (bicyclic) bond motifs is 1. The molecule has 3 heteroatoms. The second-order valence-electron chi connectivity index (χ2n) is 5.12. The van der Waals surface area contributed by atoms with Gasteiger partial charge < -0.3 is 10.3 Å². The van der Waals surface area contributed by atoms with Crippen LogP contribution in [0.2, 0.25) is 0 Å². The number of nitrogens with two attached hydrogens (primary N) is 1. The highest BCUT2D eigenvalue weighted by Gasteiger charge is 2.11. The summed E-state index contributed by atoms with van der Waals surface area (Å²) in [4.78, 5) is 4.47. The van der Waals surface area contributed by atoms with Gasteiger partial charge in [0.05, 0.1) is 17.6 Å². The van der Waals surface area contributed by atoms with Crippen LogP contribution in [0, 0.1) is 6.92 Å². The number of nitrogens with zero attached hydrogens (tertiary/aromatic N) is 2. The second kappa shape index (κ2) is 5.00. The molecule has 0 aliphatic rings. The molecule has 2 N–H and O–H groups in total. The molecule has 0 spiro atoms. The lowest BCUT2D eigenvalue weighted by atomic mass is 10.1. The summed E-state index contributed by atoms with van der Waals surface area (Å²) in [5, 5.41) is 0. The maximum Gasteiger partial charge on any atom is 0.201 e. The zero-order valence-electron chi connectivity index (χ0n) is 11.9. The largest absolute Gasteiger partial charge is 0.369 e. The van der Waals surface area contributed by atoms with Gasteiger partial charge in [0.15, 0.2) is 0 Å². The van der Waals surface area contributed by atoms with Gasteiger partial charge in [-0.3, -0.25) is 0 Å². The molecule has 2 aromatic carbocycles. The van der Waals surface area contributed by atoms with Crippen LogP contribution in [0.5, 0.6) is 0 Å². The number of hydrogen-bond donors (Lipinski definition) is 1. The fourth-order valence-corrected chi connectivity index (χ4v) is 2.77. The number of rotatable bonds is 3. The van der Waals surface area contributed by atoms with E-state index in [0.29, 0.717) is 5.95 Å². The van der Waals surface area contributed by atoms with E-state index in [9.17, 15) is 0 Å². The molecule has 3 aromatic rings. The van der Waals surface area contributed by atoms with Crippen LogP contribution in [0.25, 0.3) is 11.0 Å². The zero-order chi connectivity index (χ0) is 14.1. The topological polar surface area (TPSA) is 43.8 Å². The van der Waals surface area contributed by atoms with Crippen molar-refractivity contribution in [2.45, 2.75) is 26.8 Å². The highest BCUT2D eigenvalue weighted by Crippen LogP contribution is 2.23. The number of nitrogen functional groups attached to an aromatic ring is 1. The molecule has 0 bridgehead atoms. The molecular formula is C17H19N3. The first-order chi connectivity index (χ1) is 9.70. The summed E-state index contributed by atoms with van der Waals surface area (Å²) >= 11 is 0. The molecule has 0 unspecified atom stereocenters. The zero-order valence-corrected chi connectivity index (χ0v) is 11.9. The molecule has 0 saturated heterocycles. The minimum atomic E-state index is 0.584. The lowest BCUT2D eigenvalue weighted by molar-refractivity contribution is 0.822. The Morgan fingerprint density at radius 1 is 1.05 bits per heavy atom. The van der Waals surface area contributed by atoms with Crippen molar-refractivity contribution >= 4 is 17.0 Å². The van der Waals surface area contributed by atoms with Gasteiger partial charge in [0, 0.05) is 0 Å². The molecule has 20 heavy (non-hydrogen) atoms. The number of para-hydroxylation sites is 1. The molecule has 3 rings (SSSR count). The minimum Gasteiger partial charge on any atom is -0.369 e. The molecule has 1 heterocycles. The Bertz CT molecular complexity index is 756. The first kappa shape index (κ1) is 12.7. The van der Waals surface area contributed by atoms with E-state index in [0.717, 1.165) is 24.0 Å². The Kier molecular flexibility index (Phi) is 3.18. The van der Waals surface area contributed by atoms with Crippen molar-refractivity contribution in [1.82, 2.24) is 9.55 Å². The Morgan fingerprint density at radius 2 is 1.80 bits per heavy atom.